The Labute approximate surface area is 103 Å². The molecule has 1 N–H and O–H groups in total. The quantitative estimate of drug-likeness (QED) is 0.817. The standard InChI is InChI=1S/C14H22FNO/c1-5-11(6-2)17-12-7-8-13(10(3)16-4)14(15)9-12/h7-11,16H,5-6H2,1-4H3. The molecule has 96 valence electrons. The fraction of sp³-hybridized carbons (Fsp3) is 0.571. The highest BCUT2D eigenvalue weighted by molar-refractivity contribution is 5.30. The SMILES string of the molecule is CCC(CC)Oc1ccc(C(C)NC)c(F)c1. The Morgan fingerprint density at radius 3 is 2.41 bits per heavy atom. The van der Waals surface area contributed by atoms with Gasteiger partial charge in [0.1, 0.15) is 11.6 Å². The molecule has 0 aromatic heterocycles. The van der Waals surface area contributed by atoms with Crippen molar-refractivity contribution >= 4 is 0 Å². The van der Waals surface area contributed by atoms with Gasteiger partial charge in [-0.15, -0.1) is 0 Å². The molecule has 0 heterocycles. The lowest BCUT2D eigenvalue weighted by Gasteiger charge is -2.17. The highest BCUT2D eigenvalue weighted by Crippen LogP contribution is 2.23. The van der Waals surface area contributed by atoms with Crippen molar-refractivity contribution in [3.05, 3.63) is 29.6 Å². The molecule has 0 spiro atoms. The molecule has 0 bridgehead atoms. The zero-order valence-corrected chi connectivity index (χ0v) is 11.1. The highest BCUT2D eigenvalue weighted by Gasteiger charge is 2.11. The molecule has 0 saturated heterocycles. The molecule has 3 heteroatoms. The van der Waals surface area contributed by atoms with Crippen molar-refractivity contribution in [2.45, 2.75) is 45.8 Å². The maximum Gasteiger partial charge on any atom is 0.131 e. The second-order valence-corrected chi connectivity index (χ2v) is 4.25. The molecule has 0 aliphatic rings. The summed E-state index contributed by atoms with van der Waals surface area (Å²) in [6.07, 6.45) is 2.04. The van der Waals surface area contributed by atoms with E-state index in [9.17, 15) is 4.39 Å². The summed E-state index contributed by atoms with van der Waals surface area (Å²) in [6.45, 7) is 6.07. The average Bonchev–Trinajstić information content (AvgIpc) is 2.35. The van der Waals surface area contributed by atoms with Gasteiger partial charge in [0.15, 0.2) is 0 Å². The van der Waals surface area contributed by atoms with Gasteiger partial charge >= 0.3 is 0 Å². The minimum absolute atomic E-state index is 0.0113. The summed E-state index contributed by atoms with van der Waals surface area (Å²) in [4.78, 5) is 0. The maximum atomic E-state index is 13.8. The van der Waals surface area contributed by atoms with E-state index in [2.05, 4.69) is 19.2 Å². The topological polar surface area (TPSA) is 21.3 Å². The Kier molecular flexibility index (Phi) is 5.42. The van der Waals surface area contributed by atoms with Gasteiger partial charge in [-0.3, -0.25) is 0 Å². The van der Waals surface area contributed by atoms with Crippen LogP contribution >= 0.6 is 0 Å². The first-order valence-corrected chi connectivity index (χ1v) is 6.25. The zero-order chi connectivity index (χ0) is 12.8. The van der Waals surface area contributed by atoms with Crippen LogP contribution in [0.25, 0.3) is 0 Å². The lowest BCUT2D eigenvalue weighted by atomic mass is 10.1. The van der Waals surface area contributed by atoms with E-state index in [-0.39, 0.29) is 18.0 Å². The normalized spacial score (nSPS) is 12.8. The Balaban J connectivity index is 2.81. The molecule has 2 nitrogen and oxygen atoms in total. The summed E-state index contributed by atoms with van der Waals surface area (Å²) in [5.74, 6) is 0.401. The predicted molar refractivity (Wildman–Crippen MR) is 68.9 cm³/mol. The van der Waals surface area contributed by atoms with Crippen LogP contribution in [0.15, 0.2) is 18.2 Å². The summed E-state index contributed by atoms with van der Waals surface area (Å²) >= 11 is 0. The van der Waals surface area contributed by atoms with E-state index in [1.165, 1.54) is 6.07 Å². The van der Waals surface area contributed by atoms with Gasteiger partial charge in [0, 0.05) is 17.7 Å². The van der Waals surface area contributed by atoms with Crippen molar-refractivity contribution in [3.63, 3.8) is 0 Å². The summed E-state index contributed by atoms with van der Waals surface area (Å²) < 4.78 is 19.5. The van der Waals surface area contributed by atoms with Crippen molar-refractivity contribution < 1.29 is 9.13 Å². The number of nitrogens with one attached hydrogen (secondary N) is 1. The summed E-state index contributed by atoms with van der Waals surface area (Å²) in [5.41, 5.74) is 0.671. The predicted octanol–water partition coefficient (Wildman–Crippen LogP) is 3.67. The number of benzene rings is 1. The third-order valence-corrected chi connectivity index (χ3v) is 3.08. The molecule has 1 unspecified atom stereocenters. The van der Waals surface area contributed by atoms with Crippen LogP contribution in [0.2, 0.25) is 0 Å². The first-order chi connectivity index (χ1) is 8.12. The van der Waals surface area contributed by atoms with Crippen molar-refractivity contribution in [2.75, 3.05) is 7.05 Å². The minimum Gasteiger partial charge on any atom is -0.490 e. The van der Waals surface area contributed by atoms with E-state index >= 15 is 0 Å². The van der Waals surface area contributed by atoms with E-state index < -0.39 is 0 Å². The van der Waals surface area contributed by atoms with Crippen LogP contribution in [-0.2, 0) is 0 Å². The molecule has 1 aromatic rings. The minimum atomic E-state index is -0.213. The van der Waals surface area contributed by atoms with Gasteiger partial charge in [-0.05, 0) is 32.9 Å². The van der Waals surface area contributed by atoms with Crippen molar-refractivity contribution in [3.8, 4) is 5.75 Å². The van der Waals surface area contributed by atoms with Crippen molar-refractivity contribution in [1.29, 1.82) is 0 Å². The van der Waals surface area contributed by atoms with Gasteiger partial charge in [0.2, 0.25) is 0 Å². The molecule has 1 rings (SSSR count). The van der Waals surface area contributed by atoms with Gasteiger partial charge in [-0.2, -0.15) is 0 Å². The van der Waals surface area contributed by atoms with Crippen LogP contribution in [0.5, 0.6) is 5.75 Å². The van der Waals surface area contributed by atoms with Crippen LogP contribution in [0, 0.1) is 5.82 Å². The number of ether oxygens (including phenoxy) is 1. The Morgan fingerprint density at radius 1 is 1.29 bits per heavy atom. The third-order valence-electron chi connectivity index (χ3n) is 3.08. The number of hydrogen-bond acceptors (Lipinski definition) is 2. The number of rotatable bonds is 6. The fourth-order valence-electron chi connectivity index (χ4n) is 1.74. The first kappa shape index (κ1) is 14.0. The van der Waals surface area contributed by atoms with E-state index in [0.717, 1.165) is 12.8 Å². The van der Waals surface area contributed by atoms with Crippen molar-refractivity contribution in [2.24, 2.45) is 0 Å². The lowest BCUT2D eigenvalue weighted by molar-refractivity contribution is 0.192. The number of hydrogen-bond donors (Lipinski definition) is 1. The molecule has 0 aliphatic heterocycles. The Morgan fingerprint density at radius 2 is 1.94 bits per heavy atom. The van der Waals surface area contributed by atoms with Crippen molar-refractivity contribution in [1.82, 2.24) is 5.32 Å². The molecule has 17 heavy (non-hydrogen) atoms. The highest BCUT2D eigenvalue weighted by atomic mass is 19.1. The van der Waals surface area contributed by atoms with Gasteiger partial charge in [0.05, 0.1) is 6.10 Å². The third kappa shape index (κ3) is 3.70. The maximum absolute atomic E-state index is 13.8. The first-order valence-electron chi connectivity index (χ1n) is 6.25. The average molecular weight is 239 g/mol. The van der Waals surface area contributed by atoms with Crippen LogP contribution < -0.4 is 10.1 Å². The van der Waals surface area contributed by atoms with Crippen LogP contribution in [0.1, 0.15) is 45.2 Å². The number of halogens is 1. The van der Waals surface area contributed by atoms with Gasteiger partial charge in [0.25, 0.3) is 0 Å². The van der Waals surface area contributed by atoms with Crippen LogP contribution in [0.3, 0.4) is 0 Å². The Bertz CT molecular complexity index is 350. The second kappa shape index (κ2) is 6.60. The zero-order valence-electron chi connectivity index (χ0n) is 11.1. The molecular formula is C14H22FNO. The molecule has 0 amide bonds. The lowest BCUT2D eigenvalue weighted by Crippen LogP contribution is -2.15. The molecular weight excluding hydrogens is 217 g/mol. The summed E-state index contributed by atoms with van der Waals surface area (Å²) in [5, 5.41) is 3.02. The van der Waals surface area contributed by atoms with Gasteiger partial charge < -0.3 is 10.1 Å². The van der Waals surface area contributed by atoms with Gasteiger partial charge in [-0.25, -0.2) is 4.39 Å². The molecule has 0 radical (unpaired) electrons. The summed E-state index contributed by atoms with van der Waals surface area (Å²) in [7, 11) is 1.82. The van der Waals surface area contributed by atoms with E-state index in [1.807, 2.05) is 20.0 Å². The smallest absolute Gasteiger partial charge is 0.131 e. The molecule has 1 aromatic carbocycles. The fourth-order valence-corrected chi connectivity index (χ4v) is 1.74. The monoisotopic (exact) mass is 239 g/mol. The largest absolute Gasteiger partial charge is 0.490 e. The molecule has 0 saturated carbocycles. The Hall–Kier alpha value is -1.09. The summed E-state index contributed by atoms with van der Waals surface area (Å²) in [6, 6.07) is 5.11. The van der Waals surface area contributed by atoms with E-state index in [1.54, 1.807) is 6.07 Å². The van der Waals surface area contributed by atoms with E-state index in [4.69, 9.17) is 4.74 Å². The van der Waals surface area contributed by atoms with Crippen LogP contribution in [0.4, 0.5) is 4.39 Å². The van der Waals surface area contributed by atoms with Gasteiger partial charge in [-0.1, -0.05) is 19.9 Å². The van der Waals surface area contributed by atoms with Crippen LogP contribution in [-0.4, -0.2) is 13.2 Å². The molecule has 0 aliphatic carbocycles. The second-order valence-electron chi connectivity index (χ2n) is 4.25. The van der Waals surface area contributed by atoms with E-state index in [0.29, 0.717) is 11.3 Å². The molecule has 0 fully saturated rings. The molecule has 1 atom stereocenters.